The molecule has 0 aromatic carbocycles. The largest absolute Gasteiger partial charge is 0.458 e. The van der Waals surface area contributed by atoms with Gasteiger partial charge in [0.1, 0.15) is 22.8 Å². The number of hydrogen-bond acceptors (Lipinski definition) is 7. The first kappa shape index (κ1) is 25.7. The first-order valence-corrected chi connectivity index (χ1v) is 10.0. The van der Waals surface area contributed by atoms with Crippen molar-refractivity contribution in [2.45, 2.75) is 98.0 Å². The van der Waals surface area contributed by atoms with Crippen LogP contribution < -0.4 is 0 Å². The van der Waals surface area contributed by atoms with Gasteiger partial charge in [-0.3, -0.25) is 4.79 Å². The molecule has 0 aromatic heterocycles. The second-order valence-electron chi connectivity index (χ2n) is 10.5. The van der Waals surface area contributed by atoms with Crippen molar-refractivity contribution in [3.05, 3.63) is 12.2 Å². The van der Waals surface area contributed by atoms with Crippen LogP contribution in [0.1, 0.15) is 75.2 Å². The predicted molar refractivity (Wildman–Crippen MR) is 110 cm³/mol. The summed E-state index contributed by atoms with van der Waals surface area (Å²) >= 11 is 0. The summed E-state index contributed by atoms with van der Waals surface area (Å²) in [5.74, 6) is -2.73. The molecule has 0 saturated carbocycles. The molecule has 0 spiro atoms. The maximum Gasteiger partial charge on any atom is 0.417 e. The molecule has 0 aliphatic carbocycles. The standard InChI is InChI=1S/C22H35NO7/c1-13(17(25)28-20(2,3)4)11-14-12-15(18(26)29-21(5,6)7)23(16(14)24)19(27)30-22(8,9)10/h14-15H,1,11-12H2,2-10H3/t14-,15-/m0/s1. The monoisotopic (exact) mass is 425 g/mol. The molecule has 30 heavy (non-hydrogen) atoms. The van der Waals surface area contributed by atoms with E-state index in [1.165, 1.54) is 0 Å². The summed E-state index contributed by atoms with van der Waals surface area (Å²) in [4.78, 5) is 51.4. The molecule has 1 fully saturated rings. The lowest BCUT2D eigenvalue weighted by Gasteiger charge is -2.28. The molecule has 8 heteroatoms. The van der Waals surface area contributed by atoms with Gasteiger partial charge in [-0.15, -0.1) is 0 Å². The van der Waals surface area contributed by atoms with Crippen LogP contribution in [0.5, 0.6) is 0 Å². The fraction of sp³-hybridized carbons (Fsp3) is 0.727. The molecule has 0 aromatic rings. The molecule has 1 aliphatic rings. The van der Waals surface area contributed by atoms with Crippen LogP contribution in [0.3, 0.4) is 0 Å². The van der Waals surface area contributed by atoms with Gasteiger partial charge in [0.15, 0.2) is 0 Å². The second-order valence-corrected chi connectivity index (χ2v) is 10.5. The highest BCUT2D eigenvalue weighted by Gasteiger charge is 2.49. The molecular formula is C22H35NO7. The van der Waals surface area contributed by atoms with Crippen LogP contribution in [0, 0.1) is 5.92 Å². The normalized spacial score (nSPS) is 20.0. The van der Waals surface area contributed by atoms with Crippen LogP contribution >= 0.6 is 0 Å². The molecule has 1 heterocycles. The molecule has 170 valence electrons. The molecular weight excluding hydrogens is 390 g/mol. The highest BCUT2D eigenvalue weighted by atomic mass is 16.6. The summed E-state index contributed by atoms with van der Waals surface area (Å²) in [7, 11) is 0. The van der Waals surface area contributed by atoms with E-state index in [0.717, 1.165) is 4.90 Å². The second kappa shape index (κ2) is 8.78. The third-order valence-corrected chi connectivity index (χ3v) is 3.86. The van der Waals surface area contributed by atoms with Crippen LogP contribution in [0.15, 0.2) is 12.2 Å². The number of carbonyl (C=O) groups excluding carboxylic acids is 4. The molecule has 8 nitrogen and oxygen atoms in total. The van der Waals surface area contributed by atoms with Crippen molar-refractivity contribution in [2.24, 2.45) is 5.92 Å². The van der Waals surface area contributed by atoms with Crippen molar-refractivity contribution in [1.29, 1.82) is 0 Å². The lowest BCUT2D eigenvalue weighted by Crippen LogP contribution is -2.47. The van der Waals surface area contributed by atoms with Gasteiger partial charge in [0, 0.05) is 11.5 Å². The average molecular weight is 426 g/mol. The fourth-order valence-electron chi connectivity index (χ4n) is 2.83. The zero-order chi connectivity index (χ0) is 23.7. The molecule has 0 radical (unpaired) electrons. The molecule has 0 bridgehead atoms. The Morgan fingerprint density at radius 3 is 1.80 bits per heavy atom. The smallest absolute Gasteiger partial charge is 0.417 e. The number of ether oxygens (including phenoxy) is 3. The Hall–Kier alpha value is -2.38. The van der Waals surface area contributed by atoms with Gasteiger partial charge in [0.2, 0.25) is 5.91 Å². The van der Waals surface area contributed by atoms with Crippen molar-refractivity contribution in [3.63, 3.8) is 0 Å². The maximum absolute atomic E-state index is 13.0. The number of hydrogen-bond donors (Lipinski definition) is 0. The van der Waals surface area contributed by atoms with Crippen LogP contribution in [0.25, 0.3) is 0 Å². The van der Waals surface area contributed by atoms with Gasteiger partial charge < -0.3 is 14.2 Å². The van der Waals surface area contributed by atoms with Gasteiger partial charge in [-0.25, -0.2) is 19.3 Å². The fourth-order valence-corrected chi connectivity index (χ4v) is 2.83. The van der Waals surface area contributed by atoms with Crippen molar-refractivity contribution < 1.29 is 33.4 Å². The topological polar surface area (TPSA) is 99.2 Å². The average Bonchev–Trinajstić information content (AvgIpc) is 2.79. The quantitative estimate of drug-likeness (QED) is 0.384. The molecule has 2 amide bonds. The number of likely N-dealkylation sites (tertiary alicyclic amines) is 1. The Kier molecular flexibility index (Phi) is 7.51. The Labute approximate surface area is 178 Å². The molecule has 0 unspecified atom stereocenters. The van der Waals surface area contributed by atoms with E-state index in [1.807, 2.05) is 0 Å². The summed E-state index contributed by atoms with van der Waals surface area (Å²) in [5.41, 5.74) is -2.26. The first-order valence-electron chi connectivity index (χ1n) is 10.0. The van der Waals surface area contributed by atoms with Crippen LogP contribution in [0.2, 0.25) is 0 Å². The molecule has 1 aliphatic heterocycles. The lowest BCUT2D eigenvalue weighted by atomic mass is 9.96. The minimum Gasteiger partial charge on any atom is -0.458 e. The van der Waals surface area contributed by atoms with Gasteiger partial charge in [0.05, 0.1) is 0 Å². The zero-order valence-corrected chi connectivity index (χ0v) is 19.6. The Morgan fingerprint density at radius 1 is 0.900 bits per heavy atom. The van der Waals surface area contributed by atoms with Gasteiger partial charge in [-0.05, 0) is 75.2 Å². The van der Waals surface area contributed by atoms with Crippen molar-refractivity contribution in [2.75, 3.05) is 0 Å². The highest BCUT2D eigenvalue weighted by Crippen LogP contribution is 2.33. The SMILES string of the molecule is C=C(C[C@H]1C[C@@H](C(=O)OC(C)(C)C)N(C(=O)OC(C)(C)C)C1=O)C(=O)OC(C)(C)C. The van der Waals surface area contributed by atoms with Crippen LogP contribution in [-0.4, -0.2) is 51.7 Å². The molecule has 2 atom stereocenters. The van der Waals surface area contributed by atoms with E-state index < -0.39 is 52.7 Å². The van der Waals surface area contributed by atoms with Gasteiger partial charge in [-0.1, -0.05) is 6.58 Å². The van der Waals surface area contributed by atoms with Gasteiger partial charge in [0.25, 0.3) is 0 Å². The Morgan fingerprint density at radius 2 is 1.37 bits per heavy atom. The molecule has 1 saturated heterocycles. The van der Waals surface area contributed by atoms with E-state index >= 15 is 0 Å². The number of amides is 2. The van der Waals surface area contributed by atoms with Crippen LogP contribution in [0.4, 0.5) is 4.79 Å². The van der Waals surface area contributed by atoms with Crippen molar-refractivity contribution in [1.82, 2.24) is 4.90 Å². The summed E-state index contributed by atoms with van der Waals surface area (Å²) in [6.07, 6.45) is -0.949. The molecule has 0 N–H and O–H groups in total. The summed E-state index contributed by atoms with van der Waals surface area (Å²) in [5, 5.41) is 0. The lowest BCUT2D eigenvalue weighted by molar-refractivity contribution is -0.161. The number of carbonyl (C=O) groups is 4. The van der Waals surface area contributed by atoms with E-state index in [9.17, 15) is 19.2 Å². The Balaban J connectivity index is 3.08. The first-order chi connectivity index (χ1) is 13.3. The zero-order valence-electron chi connectivity index (χ0n) is 19.6. The highest BCUT2D eigenvalue weighted by molar-refractivity contribution is 6.01. The number of esters is 2. The van der Waals surface area contributed by atoms with E-state index in [2.05, 4.69) is 6.58 Å². The van der Waals surface area contributed by atoms with E-state index in [0.29, 0.717) is 0 Å². The number of nitrogens with zero attached hydrogens (tertiary/aromatic N) is 1. The number of imide groups is 1. The van der Waals surface area contributed by atoms with E-state index in [4.69, 9.17) is 14.2 Å². The Bertz CT molecular complexity index is 719. The van der Waals surface area contributed by atoms with E-state index in [-0.39, 0.29) is 18.4 Å². The minimum absolute atomic E-state index is 0.00874. The minimum atomic E-state index is -1.14. The van der Waals surface area contributed by atoms with Gasteiger partial charge >= 0.3 is 18.0 Å². The van der Waals surface area contributed by atoms with Crippen molar-refractivity contribution in [3.8, 4) is 0 Å². The van der Waals surface area contributed by atoms with Crippen molar-refractivity contribution >= 4 is 23.9 Å². The summed E-state index contributed by atoms with van der Waals surface area (Å²) < 4.78 is 16.0. The maximum atomic E-state index is 13.0. The van der Waals surface area contributed by atoms with Gasteiger partial charge in [-0.2, -0.15) is 0 Å². The van der Waals surface area contributed by atoms with Crippen LogP contribution in [-0.2, 0) is 28.6 Å². The third kappa shape index (κ3) is 7.80. The summed E-state index contributed by atoms with van der Waals surface area (Å²) in [6, 6.07) is -1.14. The summed E-state index contributed by atoms with van der Waals surface area (Å²) in [6.45, 7) is 19.0. The van der Waals surface area contributed by atoms with E-state index in [1.54, 1.807) is 62.3 Å². The predicted octanol–water partition coefficient (Wildman–Crippen LogP) is 3.77. The molecule has 1 rings (SSSR count). The number of rotatable bonds is 4. The third-order valence-electron chi connectivity index (χ3n) is 3.86.